The van der Waals surface area contributed by atoms with Crippen molar-refractivity contribution in [3.63, 3.8) is 0 Å². The van der Waals surface area contributed by atoms with Crippen molar-refractivity contribution in [2.45, 2.75) is 57.6 Å². The Kier molecular flexibility index (Phi) is 6.54. The minimum absolute atomic E-state index is 0.0329. The number of ether oxygens (including phenoxy) is 3. The largest absolute Gasteiger partial charge is 0.496 e. The van der Waals surface area contributed by atoms with E-state index in [0.717, 1.165) is 19.1 Å². The summed E-state index contributed by atoms with van der Waals surface area (Å²) in [7, 11) is 1.40. The smallest absolute Gasteiger partial charge is 0.255 e. The van der Waals surface area contributed by atoms with Crippen molar-refractivity contribution in [2.75, 3.05) is 20.3 Å². The molecule has 0 unspecified atom stereocenters. The van der Waals surface area contributed by atoms with Crippen LogP contribution in [-0.4, -0.2) is 44.7 Å². The summed E-state index contributed by atoms with van der Waals surface area (Å²) in [5, 5.41) is 2.92. The minimum Gasteiger partial charge on any atom is -0.496 e. The lowest BCUT2D eigenvalue weighted by molar-refractivity contribution is -0.117. The number of benzene rings is 1. The normalized spacial score (nSPS) is 27.7. The lowest BCUT2D eigenvalue weighted by atomic mass is 9.76. The molecule has 2 aliphatic rings. The van der Waals surface area contributed by atoms with Crippen molar-refractivity contribution >= 4 is 12.2 Å². The second-order valence-corrected chi connectivity index (χ2v) is 7.96. The van der Waals surface area contributed by atoms with E-state index in [-0.39, 0.29) is 40.5 Å². The third-order valence-corrected chi connectivity index (χ3v) is 5.65. The molecule has 1 N–H and O–H groups in total. The average molecular weight is 393 g/mol. The summed E-state index contributed by atoms with van der Waals surface area (Å²) in [6, 6.07) is 2.51. The number of amides is 1. The van der Waals surface area contributed by atoms with Crippen molar-refractivity contribution in [1.82, 2.24) is 5.32 Å². The fourth-order valence-electron chi connectivity index (χ4n) is 3.76. The molecule has 0 bridgehead atoms. The van der Waals surface area contributed by atoms with Crippen molar-refractivity contribution < 1.29 is 28.2 Å². The minimum atomic E-state index is -0.571. The van der Waals surface area contributed by atoms with E-state index in [9.17, 15) is 14.0 Å². The highest BCUT2D eigenvalue weighted by atomic mass is 19.1. The Hall–Kier alpha value is -2.15. The van der Waals surface area contributed by atoms with Crippen molar-refractivity contribution in [2.24, 2.45) is 5.41 Å². The first-order valence-electron chi connectivity index (χ1n) is 9.83. The van der Waals surface area contributed by atoms with Gasteiger partial charge >= 0.3 is 0 Å². The van der Waals surface area contributed by atoms with Crippen molar-refractivity contribution in [1.29, 1.82) is 0 Å². The molecule has 28 heavy (non-hydrogen) atoms. The van der Waals surface area contributed by atoms with Gasteiger partial charge in [0.05, 0.1) is 31.4 Å². The molecule has 1 saturated carbocycles. The van der Waals surface area contributed by atoms with Crippen LogP contribution in [0.2, 0.25) is 0 Å². The van der Waals surface area contributed by atoms with E-state index in [2.05, 4.69) is 5.32 Å². The third kappa shape index (κ3) is 4.82. The van der Waals surface area contributed by atoms with Gasteiger partial charge < -0.3 is 24.3 Å². The molecular formula is C21H28FNO5. The Labute approximate surface area is 164 Å². The lowest BCUT2D eigenvalue weighted by Gasteiger charge is -2.33. The Balaban J connectivity index is 1.72. The summed E-state index contributed by atoms with van der Waals surface area (Å²) in [4.78, 5) is 23.9. The van der Waals surface area contributed by atoms with Crippen LogP contribution in [0.3, 0.4) is 0 Å². The van der Waals surface area contributed by atoms with E-state index < -0.39 is 5.82 Å². The first kappa shape index (κ1) is 20.6. The number of carbonyl (C=O) groups excluding carboxylic acids is 2. The second-order valence-electron chi connectivity index (χ2n) is 7.96. The maximum absolute atomic E-state index is 14.5. The highest BCUT2D eigenvalue weighted by molar-refractivity contribution is 5.97. The molecule has 0 radical (unpaired) electrons. The van der Waals surface area contributed by atoms with E-state index in [1.807, 2.05) is 6.92 Å². The van der Waals surface area contributed by atoms with E-state index in [1.165, 1.54) is 19.2 Å². The summed E-state index contributed by atoms with van der Waals surface area (Å²) >= 11 is 0. The number of hydrogen-bond acceptors (Lipinski definition) is 5. The highest BCUT2D eigenvalue weighted by Crippen LogP contribution is 2.37. The van der Waals surface area contributed by atoms with Crippen LogP contribution in [-0.2, 0) is 9.53 Å². The van der Waals surface area contributed by atoms with Crippen molar-refractivity contribution in [3.8, 4) is 11.5 Å². The van der Waals surface area contributed by atoms with Crippen LogP contribution in [0.5, 0.6) is 11.5 Å². The zero-order valence-corrected chi connectivity index (χ0v) is 16.5. The van der Waals surface area contributed by atoms with Crippen LogP contribution in [0.15, 0.2) is 12.1 Å². The predicted molar refractivity (Wildman–Crippen MR) is 101 cm³/mol. The summed E-state index contributed by atoms with van der Waals surface area (Å²) in [5.74, 6) is -0.714. The quantitative estimate of drug-likeness (QED) is 0.751. The van der Waals surface area contributed by atoms with E-state index in [4.69, 9.17) is 14.2 Å². The number of rotatable bonds is 6. The van der Waals surface area contributed by atoms with E-state index in [0.29, 0.717) is 38.9 Å². The number of methoxy groups -OCH3 is 1. The Morgan fingerprint density at radius 2 is 2.04 bits per heavy atom. The van der Waals surface area contributed by atoms with Crippen LogP contribution in [0.1, 0.15) is 55.8 Å². The number of nitrogens with one attached hydrogen (secondary N) is 1. The molecule has 3 rings (SSSR count). The number of aldehydes is 1. The van der Waals surface area contributed by atoms with E-state index in [1.54, 1.807) is 0 Å². The molecular weight excluding hydrogens is 365 g/mol. The summed E-state index contributed by atoms with van der Waals surface area (Å²) in [6.45, 7) is 3.10. The van der Waals surface area contributed by atoms with Crippen LogP contribution in [0.4, 0.5) is 4.39 Å². The van der Waals surface area contributed by atoms with Gasteiger partial charge in [0.25, 0.3) is 5.91 Å². The summed E-state index contributed by atoms with van der Waals surface area (Å²) in [6.07, 6.45) is 5.29. The van der Waals surface area contributed by atoms with Gasteiger partial charge in [-0.3, -0.25) is 4.79 Å². The monoisotopic (exact) mass is 393 g/mol. The molecule has 1 aromatic rings. The van der Waals surface area contributed by atoms with Crippen LogP contribution in [0, 0.1) is 11.2 Å². The van der Waals surface area contributed by atoms with Gasteiger partial charge in [0.1, 0.15) is 12.0 Å². The lowest BCUT2D eigenvalue weighted by Crippen LogP contribution is -2.40. The molecule has 0 aromatic heterocycles. The zero-order valence-electron chi connectivity index (χ0n) is 16.5. The first-order valence-corrected chi connectivity index (χ1v) is 9.83. The van der Waals surface area contributed by atoms with Crippen LogP contribution in [0.25, 0.3) is 0 Å². The standard InChI is InChI=1S/C21H28FNO5/c1-21(13-24)7-5-15(6-8-21)28-19-10-16(18(26-2)11-17(19)22)20(25)23-14-4-3-9-27-12-14/h10-11,13-15H,3-9,12H2,1-2H3,(H,23,25)/t14-,15?,21?/m0/s1. The molecule has 1 aromatic carbocycles. The highest BCUT2D eigenvalue weighted by Gasteiger charge is 2.32. The fraction of sp³-hybridized carbons (Fsp3) is 0.619. The molecule has 0 spiro atoms. The van der Waals surface area contributed by atoms with Crippen molar-refractivity contribution in [3.05, 3.63) is 23.5 Å². The SMILES string of the molecule is COc1cc(F)c(OC2CCC(C)(C=O)CC2)cc1C(=O)N[C@H]1CCCOC1. The predicted octanol–water partition coefficient (Wildman–Crippen LogP) is 3.27. The molecule has 7 heteroatoms. The fourth-order valence-corrected chi connectivity index (χ4v) is 3.76. The van der Waals surface area contributed by atoms with Gasteiger partial charge in [-0.1, -0.05) is 6.92 Å². The zero-order chi connectivity index (χ0) is 20.1. The number of halogens is 1. The average Bonchev–Trinajstić information content (AvgIpc) is 2.71. The number of carbonyl (C=O) groups is 2. The molecule has 1 aliphatic carbocycles. The first-order chi connectivity index (χ1) is 13.4. The van der Waals surface area contributed by atoms with Gasteiger partial charge in [0.15, 0.2) is 11.6 Å². The molecule has 1 aliphatic heterocycles. The molecule has 1 amide bonds. The van der Waals surface area contributed by atoms with Gasteiger partial charge in [0, 0.05) is 18.1 Å². The molecule has 1 heterocycles. The third-order valence-electron chi connectivity index (χ3n) is 5.65. The van der Waals surface area contributed by atoms with Gasteiger partial charge in [-0.25, -0.2) is 4.39 Å². The summed E-state index contributed by atoms with van der Waals surface area (Å²) in [5.41, 5.74) is -0.0937. The maximum Gasteiger partial charge on any atom is 0.255 e. The van der Waals surface area contributed by atoms with E-state index >= 15 is 0 Å². The molecule has 154 valence electrons. The number of hydrogen-bond donors (Lipinski definition) is 1. The Morgan fingerprint density at radius 1 is 1.29 bits per heavy atom. The van der Waals surface area contributed by atoms with Crippen LogP contribution < -0.4 is 14.8 Å². The maximum atomic E-state index is 14.5. The van der Waals surface area contributed by atoms with Gasteiger partial charge in [-0.05, 0) is 44.6 Å². The molecule has 1 saturated heterocycles. The van der Waals surface area contributed by atoms with Crippen LogP contribution >= 0.6 is 0 Å². The second kappa shape index (κ2) is 8.90. The molecule has 1 atom stereocenters. The Morgan fingerprint density at radius 3 is 2.64 bits per heavy atom. The van der Waals surface area contributed by atoms with Gasteiger partial charge in [-0.15, -0.1) is 0 Å². The van der Waals surface area contributed by atoms with Gasteiger partial charge in [-0.2, -0.15) is 0 Å². The molecule has 2 fully saturated rings. The molecule has 6 nitrogen and oxygen atoms in total. The summed E-state index contributed by atoms with van der Waals surface area (Å²) < 4.78 is 30.9. The van der Waals surface area contributed by atoms with Gasteiger partial charge in [0.2, 0.25) is 0 Å². The topological polar surface area (TPSA) is 73.9 Å². The Bertz CT molecular complexity index is 709.